The molecule has 1 aromatic carbocycles. The number of carbonyl (C=O) groups is 1. The van der Waals surface area contributed by atoms with Gasteiger partial charge in [-0.05, 0) is 44.2 Å². The van der Waals surface area contributed by atoms with Crippen LogP contribution in [0, 0.1) is 13.8 Å². The van der Waals surface area contributed by atoms with Gasteiger partial charge in [0, 0.05) is 11.1 Å². The molecule has 124 valence electrons. The number of aryl methyl sites for hydroxylation is 2. The van der Waals surface area contributed by atoms with Crippen molar-refractivity contribution in [3.8, 4) is 11.5 Å². The van der Waals surface area contributed by atoms with Gasteiger partial charge < -0.3 is 9.47 Å². The molecule has 2 heterocycles. The van der Waals surface area contributed by atoms with E-state index >= 15 is 0 Å². The first-order valence-corrected chi connectivity index (χ1v) is 8.24. The largest absolute Gasteiger partial charge is 0.497 e. The average molecular weight is 342 g/mol. The number of carbonyl (C=O) groups excluding carboxylic acids is 1. The lowest BCUT2D eigenvalue weighted by molar-refractivity contribution is 0.104. The van der Waals surface area contributed by atoms with Gasteiger partial charge in [0.2, 0.25) is 0 Å². The summed E-state index contributed by atoms with van der Waals surface area (Å²) < 4.78 is 12.5. The van der Waals surface area contributed by atoms with Crippen molar-refractivity contribution in [3.05, 3.63) is 52.3 Å². The topological polar surface area (TPSA) is 52.8 Å². The van der Waals surface area contributed by atoms with Gasteiger partial charge >= 0.3 is 0 Å². The Labute approximate surface area is 144 Å². The fourth-order valence-corrected chi connectivity index (χ4v) is 3.41. The molecule has 0 N–H and O–H groups in total. The van der Waals surface area contributed by atoms with Crippen LogP contribution < -0.4 is 9.47 Å². The zero-order valence-corrected chi connectivity index (χ0v) is 14.8. The number of benzene rings is 1. The van der Waals surface area contributed by atoms with E-state index in [9.17, 15) is 4.79 Å². The maximum absolute atomic E-state index is 12.6. The SMILES string of the molecule is COc1ccc(OC)c(C(=O)C=Cc2c(C)nc3sc(C)cn23)c1. The lowest BCUT2D eigenvalue weighted by Crippen LogP contribution is -2.00. The Morgan fingerprint density at radius 1 is 1.25 bits per heavy atom. The summed E-state index contributed by atoms with van der Waals surface area (Å²) in [6.45, 7) is 3.97. The molecule has 0 amide bonds. The van der Waals surface area contributed by atoms with E-state index in [-0.39, 0.29) is 5.78 Å². The van der Waals surface area contributed by atoms with Crippen LogP contribution in [0.4, 0.5) is 0 Å². The zero-order chi connectivity index (χ0) is 17.3. The zero-order valence-electron chi connectivity index (χ0n) is 14.0. The molecule has 0 saturated heterocycles. The molecule has 3 rings (SSSR count). The maximum atomic E-state index is 12.6. The molecular formula is C18H18N2O3S. The monoisotopic (exact) mass is 342 g/mol. The van der Waals surface area contributed by atoms with Crippen LogP contribution in [0.3, 0.4) is 0 Å². The van der Waals surface area contributed by atoms with Crippen LogP contribution in [0.15, 0.2) is 30.5 Å². The molecule has 0 aliphatic rings. The fourth-order valence-electron chi connectivity index (χ4n) is 2.53. The minimum atomic E-state index is -0.146. The van der Waals surface area contributed by atoms with E-state index in [2.05, 4.69) is 4.98 Å². The number of hydrogen-bond acceptors (Lipinski definition) is 5. The number of ketones is 1. The molecule has 0 aliphatic carbocycles. The lowest BCUT2D eigenvalue weighted by Gasteiger charge is -2.07. The smallest absolute Gasteiger partial charge is 0.194 e. The Bertz CT molecular complexity index is 937. The number of methoxy groups -OCH3 is 2. The van der Waals surface area contributed by atoms with Crippen LogP contribution in [-0.2, 0) is 0 Å². The molecule has 0 aliphatic heterocycles. The number of ether oxygens (including phenoxy) is 2. The van der Waals surface area contributed by atoms with Crippen molar-refractivity contribution >= 4 is 28.2 Å². The van der Waals surface area contributed by atoms with E-state index in [1.54, 1.807) is 55.9 Å². The highest BCUT2D eigenvalue weighted by Crippen LogP contribution is 2.26. The van der Waals surface area contributed by atoms with E-state index in [4.69, 9.17) is 9.47 Å². The molecule has 0 atom stereocenters. The summed E-state index contributed by atoms with van der Waals surface area (Å²) in [7, 11) is 3.11. The summed E-state index contributed by atoms with van der Waals surface area (Å²) in [6.07, 6.45) is 5.36. The maximum Gasteiger partial charge on any atom is 0.194 e. The number of allylic oxidation sites excluding steroid dienone is 1. The number of rotatable bonds is 5. The third-order valence-electron chi connectivity index (χ3n) is 3.73. The molecule has 24 heavy (non-hydrogen) atoms. The molecule has 0 unspecified atom stereocenters. The highest BCUT2D eigenvalue weighted by atomic mass is 32.1. The average Bonchev–Trinajstić information content (AvgIpc) is 3.06. The summed E-state index contributed by atoms with van der Waals surface area (Å²) in [5.41, 5.74) is 2.26. The number of thiazole rings is 1. The molecule has 0 radical (unpaired) electrons. The quantitative estimate of drug-likeness (QED) is 0.521. The van der Waals surface area contributed by atoms with Gasteiger partial charge in [-0.1, -0.05) is 0 Å². The summed E-state index contributed by atoms with van der Waals surface area (Å²) >= 11 is 1.63. The summed E-state index contributed by atoms with van der Waals surface area (Å²) in [5, 5.41) is 0. The highest BCUT2D eigenvalue weighted by Gasteiger charge is 2.13. The van der Waals surface area contributed by atoms with Crippen molar-refractivity contribution in [3.63, 3.8) is 0 Å². The summed E-state index contributed by atoms with van der Waals surface area (Å²) in [5.74, 6) is 0.989. The Hall–Kier alpha value is -2.60. The van der Waals surface area contributed by atoms with Gasteiger partial charge in [0.25, 0.3) is 0 Å². The third kappa shape index (κ3) is 2.92. The van der Waals surface area contributed by atoms with Gasteiger partial charge in [-0.25, -0.2) is 4.98 Å². The standard InChI is InChI=1S/C18H18N2O3S/c1-11-10-20-15(12(2)19-18(20)24-11)6-7-16(21)14-9-13(22-3)5-8-17(14)23-4/h5-10H,1-4H3. The minimum absolute atomic E-state index is 0.146. The summed E-state index contributed by atoms with van der Waals surface area (Å²) in [4.78, 5) is 19.2. The second-order valence-corrected chi connectivity index (χ2v) is 6.55. The second-order valence-electron chi connectivity index (χ2n) is 5.34. The molecule has 0 bridgehead atoms. The number of aromatic nitrogens is 2. The second kappa shape index (κ2) is 6.49. The van der Waals surface area contributed by atoms with Crippen LogP contribution in [0.5, 0.6) is 11.5 Å². The van der Waals surface area contributed by atoms with E-state index in [0.29, 0.717) is 17.1 Å². The number of hydrogen-bond donors (Lipinski definition) is 0. The summed E-state index contributed by atoms with van der Waals surface area (Å²) in [6, 6.07) is 5.17. The van der Waals surface area contributed by atoms with Crippen LogP contribution in [-0.4, -0.2) is 29.4 Å². The molecular weight excluding hydrogens is 324 g/mol. The molecule has 6 heteroatoms. The molecule has 0 fully saturated rings. The Balaban J connectivity index is 1.96. The van der Waals surface area contributed by atoms with Crippen LogP contribution in [0.1, 0.15) is 26.6 Å². The highest BCUT2D eigenvalue weighted by molar-refractivity contribution is 7.17. The van der Waals surface area contributed by atoms with Gasteiger partial charge in [-0.15, -0.1) is 11.3 Å². The van der Waals surface area contributed by atoms with Crippen molar-refractivity contribution in [1.82, 2.24) is 9.38 Å². The molecule has 0 spiro atoms. The van der Waals surface area contributed by atoms with Crippen molar-refractivity contribution in [1.29, 1.82) is 0 Å². The van der Waals surface area contributed by atoms with Crippen LogP contribution in [0.2, 0.25) is 0 Å². The van der Waals surface area contributed by atoms with Gasteiger partial charge in [-0.2, -0.15) is 0 Å². The van der Waals surface area contributed by atoms with Crippen LogP contribution >= 0.6 is 11.3 Å². The predicted molar refractivity (Wildman–Crippen MR) is 95.5 cm³/mol. The van der Waals surface area contributed by atoms with Gasteiger partial charge in [0.1, 0.15) is 11.5 Å². The minimum Gasteiger partial charge on any atom is -0.497 e. The van der Waals surface area contributed by atoms with Gasteiger partial charge in [-0.3, -0.25) is 9.20 Å². The predicted octanol–water partition coefficient (Wildman–Crippen LogP) is 3.93. The van der Waals surface area contributed by atoms with Crippen molar-refractivity contribution in [2.45, 2.75) is 13.8 Å². The number of imidazole rings is 1. The van der Waals surface area contributed by atoms with Gasteiger partial charge in [0.05, 0.1) is 31.2 Å². The molecule has 0 saturated carbocycles. The first-order valence-electron chi connectivity index (χ1n) is 7.43. The van der Waals surface area contributed by atoms with E-state index in [0.717, 1.165) is 16.3 Å². The first-order chi connectivity index (χ1) is 11.5. The normalized spacial score (nSPS) is 11.3. The Morgan fingerprint density at radius 2 is 2.04 bits per heavy atom. The fraction of sp³-hybridized carbons (Fsp3) is 0.222. The molecule has 2 aromatic heterocycles. The van der Waals surface area contributed by atoms with E-state index in [1.165, 1.54) is 4.88 Å². The van der Waals surface area contributed by atoms with Crippen molar-refractivity contribution < 1.29 is 14.3 Å². The van der Waals surface area contributed by atoms with E-state index in [1.807, 2.05) is 24.4 Å². The molecule has 3 aromatic rings. The molecule has 5 nitrogen and oxygen atoms in total. The van der Waals surface area contributed by atoms with Crippen molar-refractivity contribution in [2.24, 2.45) is 0 Å². The Kier molecular flexibility index (Phi) is 4.40. The first kappa shape index (κ1) is 16.3. The van der Waals surface area contributed by atoms with Crippen LogP contribution in [0.25, 0.3) is 11.0 Å². The number of fused-ring (bicyclic) bond motifs is 1. The third-order valence-corrected chi connectivity index (χ3v) is 4.63. The van der Waals surface area contributed by atoms with E-state index < -0.39 is 0 Å². The Morgan fingerprint density at radius 3 is 2.75 bits per heavy atom. The lowest BCUT2D eigenvalue weighted by atomic mass is 10.1. The van der Waals surface area contributed by atoms with Gasteiger partial charge in [0.15, 0.2) is 10.7 Å². The van der Waals surface area contributed by atoms with Crippen molar-refractivity contribution in [2.75, 3.05) is 14.2 Å². The number of nitrogens with zero attached hydrogens (tertiary/aromatic N) is 2.